The van der Waals surface area contributed by atoms with Gasteiger partial charge in [-0.1, -0.05) is 13.8 Å². The Morgan fingerprint density at radius 3 is 2.65 bits per heavy atom. The largest absolute Gasteiger partial charge is 0.354 e. The van der Waals surface area contributed by atoms with Gasteiger partial charge in [0.15, 0.2) is 5.82 Å². The van der Waals surface area contributed by atoms with E-state index in [1.807, 2.05) is 11.6 Å². The summed E-state index contributed by atoms with van der Waals surface area (Å²) in [6.07, 6.45) is 3.78. The number of halogens is 1. The van der Waals surface area contributed by atoms with E-state index in [2.05, 4.69) is 57.1 Å². The second-order valence-corrected chi connectivity index (χ2v) is 5.56. The molecule has 0 saturated heterocycles. The van der Waals surface area contributed by atoms with Crippen molar-refractivity contribution in [2.75, 3.05) is 11.9 Å². The van der Waals surface area contributed by atoms with Crippen LogP contribution in [0, 0.1) is 13.8 Å². The summed E-state index contributed by atoms with van der Waals surface area (Å²) < 4.78 is 2.73. The van der Waals surface area contributed by atoms with Gasteiger partial charge in [0.1, 0.15) is 0 Å². The van der Waals surface area contributed by atoms with Crippen LogP contribution in [0.4, 0.5) is 5.95 Å². The topological polar surface area (TPSA) is 55.6 Å². The number of anilines is 1. The van der Waals surface area contributed by atoms with Gasteiger partial charge in [-0.05, 0) is 48.2 Å². The minimum Gasteiger partial charge on any atom is -0.354 e. The summed E-state index contributed by atoms with van der Waals surface area (Å²) in [5, 5.41) is 7.80. The van der Waals surface area contributed by atoms with Crippen LogP contribution in [0.1, 0.15) is 37.2 Å². The Bertz CT molecular complexity index is 606. The summed E-state index contributed by atoms with van der Waals surface area (Å²) in [5.74, 6) is 1.41. The molecule has 2 heterocycles. The van der Waals surface area contributed by atoms with Crippen molar-refractivity contribution in [2.45, 2.75) is 40.5 Å². The van der Waals surface area contributed by atoms with Gasteiger partial charge in [0.05, 0.1) is 10.2 Å². The van der Waals surface area contributed by atoms with E-state index in [1.165, 1.54) is 5.56 Å². The molecule has 0 saturated carbocycles. The lowest BCUT2D eigenvalue weighted by Gasteiger charge is -2.09. The molecule has 6 heteroatoms. The lowest BCUT2D eigenvalue weighted by Crippen LogP contribution is -2.09. The summed E-state index contributed by atoms with van der Waals surface area (Å²) in [6.45, 7) is 9.23. The van der Waals surface area contributed by atoms with Gasteiger partial charge < -0.3 is 5.32 Å². The van der Waals surface area contributed by atoms with Crippen molar-refractivity contribution in [1.29, 1.82) is 0 Å². The highest BCUT2D eigenvalue weighted by atomic mass is 79.9. The lowest BCUT2D eigenvalue weighted by atomic mass is 10.1. The molecule has 0 atom stereocenters. The first-order valence-corrected chi connectivity index (χ1v) is 7.69. The molecule has 0 radical (unpaired) electrons. The molecule has 0 amide bonds. The highest BCUT2D eigenvalue weighted by molar-refractivity contribution is 9.10. The van der Waals surface area contributed by atoms with E-state index in [4.69, 9.17) is 0 Å². The third-order valence-electron chi connectivity index (χ3n) is 3.25. The average molecular weight is 338 g/mol. The van der Waals surface area contributed by atoms with Gasteiger partial charge in [0.25, 0.3) is 0 Å². The second kappa shape index (κ2) is 6.35. The Morgan fingerprint density at radius 2 is 2.05 bits per heavy atom. The van der Waals surface area contributed by atoms with Gasteiger partial charge in [0.2, 0.25) is 5.95 Å². The first kappa shape index (κ1) is 15.0. The molecule has 0 aliphatic heterocycles. The van der Waals surface area contributed by atoms with Crippen LogP contribution in [0.2, 0.25) is 0 Å². The van der Waals surface area contributed by atoms with Crippen LogP contribution in [0.25, 0.3) is 5.82 Å². The predicted molar refractivity (Wildman–Crippen MR) is 84.5 cm³/mol. The van der Waals surface area contributed by atoms with Gasteiger partial charge in [-0.3, -0.25) is 0 Å². The van der Waals surface area contributed by atoms with Gasteiger partial charge in [-0.25, -0.2) is 9.67 Å². The summed E-state index contributed by atoms with van der Waals surface area (Å²) in [6, 6.07) is 0. The highest BCUT2D eigenvalue weighted by Crippen LogP contribution is 2.23. The molecular formula is C14H20BrN5. The third-order valence-corrected chi connectivity index (χ3v) is 3.81. The third kappa shape index (κ3) is 2.85. The van der Waals surface area contributed by atoms with E-state index in [0.717, 1.165) is 41.1 Å². The molecule has 1 N–H and O–H groups in total. The highest BCUT2D eigenvalue weighted by Gasteiger charge is 2.15. The molecule has 0 fully saturated rings. The fraction of sp³-hybridized carbons (Fsp3) is 0.500. The zero-order valence-electron chi connectivity index (χ0n) is 12.4. The summed E-state index contributed by atoms with van der Waals surface area (Å²) in [7, 11) is 0. The van der Waals surface area contributed by atoms with Crippen LogP contribution < -0.4 is 5.32 Å². The zero-order chi connectivity index (χ0) is 14.7. The van der Waals surface area contributed by atoms with Crippen LogP contribution in [0.15, 0.2) is 10.7 Å². The van der Waals surface area contributed by atoms with Crippen LogP contribution in [-0.2, 0) is 6.42 Å². The van der Waals surface area contributed by atoms with Gasteiger partial charge in [-0.2, -0.15) is 10.1 Å². The monoisotopic (exact) mass is 337 g/mol. The maximum absolute atomic E-state index is 4.60. The molecule has 108 valence electrons. The molecule has 0 aliphatic carbocycles. The van der Waals surface area contributed by atoms with Crippen molar-refractivity contribution in [3.63, 3.8) is 0 Å². The van der Waals surface area contributed by atoms with Gasteiger partial charge >= 0.3 is 0 Å². The standard InChI is InChI=1S/C14H20BrN5/c1-5-7-16-14-17-8-12(15)13(18-14)20-10(4)11(6-2)9(3)19-20/h8H,5-7H2,1-4H3,(H,16,17,18). The Kier molecular flexibility index (Phi) is 4.75. The molecule has 2 aromatic rings. The maximum atomic E-state index is 4.60. The van der Waals surface area contributed by atoms with Crippen LogP contribution in [0.3, 0.4) is 0 Å². The number of aryl methyl sites for hydroxylation is 1. The lowest BCUT2D eigenvalue weighted by molar-refractivity contribution is 0.793. The number of hydrogen-bond acceptors (Lipinski definition) is 4. The fourth-order valence-corrected chi connectivity index (χ4v) is 2.58. The van der Waals surface area contributed by atoms with Crippen molar-refractivity contribution in [2.24, 2.45) is 0 Å². The zero-order valence-corrected chi connectivity index (χ0v) is 14.0. The van der Waals surface area contributed by atoms with E-state index in [1.54, 1.807) is 6.20 Å². The van der Waals surface area contributed by atoms with Crippen molar-refractivity contribution in [1.82, 2.24) is 19.7 Å². The molecule has 2 aromatic heterocycles. The van der Waals surface area contributed by atoms with Crippen LogP contribution >= 0.6 is 15.9 Å². The molecule has 0 aromatic carbocycles. The first-order valence-electron chi connectivity index (χ1n) is 6.90. The smallest absolute Gasteiger partial charge is 0.224 e. The quantitative estimate of drug-likeness (QED) is 0.908. The van der Waals surface area contributed by atoms with E-state index in [9.17, 15) is 0 Å². The van der Waals surface area contributed by atoms with Crippen LogP contribution in [0.5, 0.6) is 0 Å². The van der Waals surface area contributed by atoms with Crippen LogP contribution in [-0.4, -0.2) is 26.3 Å². The fourth-order valence-electron chi connectivity index (χ4n) is 2.22. The van der Waals surface area contributed by atoms with E-state index < -0.39 is 0 Å². The Balaban J connectivity index is 2.46. The van der Waals surface area contributed by atoms with E-state index >= 15 is 0 Å². The second-order valence-electron chi connectivity index (χ2n) is 4.71. The number of hydrogen-bond donors (Lipinski definition) is 1. The number of rotatable bonds is 5. The predicted octanol–water partition coefficient (Wildman–Crippen LogP) is 3.43. The van der Waals surface area contributed by atoms with Crippen molar-refractivity contribution in [3.05, 3.63) is 27.6 Å². The summed E-state index contributed by atoms with van der Waals surface area (Å²) in [5.41, 5.74) is 3.46. The molecule has 0 spiro atoms. The normalized spacial score (nSPS) is 10.8. The first-order chi connectivity index (χ1) is 9.58. The van der Waals surface area contributed by atoms with Crippen molar-refractivity contribution < 1.29 is 0 Å². The SMILES string of the molecule is CCCNc1ncc(Br)c(-n2nc(C)c(CC)c2C)n1. The van der Waals surface area contributed by atoms with Gasteiger partial charge in [-0.15, -0.1) is 0 Å². The summed E-state index contributed by atoms with van der Waals surface area (Å²) in [4.78, 5) is 8.83. The minimum atomic E-state index is 0.635. The molecule has 0 bridgehead atoms. The van der Waals surface area contributed by atoms with E-state index in [0.29, 0.717) is 5.95 Å². The average Bonchev–Trinajstić information content (AvgIpc) is 2.72. The summed E-state index contributed by atoms with van der Waals surface area (Å²) >= 11 is 3.51. The molecule has 5 nitrogen and oxygen atoms in total. The van der Waals surface area contributed by atoms with Gasteiger partial charge in [0, 0.05) is 18.4 Å². The number of nitrogens with zero attached hydrogens (tertiary/aromatic N) is 4. The Morgan fingerprint density at radius 1 is 1.30 bits per heavy atom. The molecule has 0 unspecified atom stereocenters. The minimum absolute atomic E-state index is 0.635. The van der Waals surface area contributed by atoms with Crippen molar-refractivity contribution in [3.8, 4) is 5.82 Å². The molecule has 2 rings (SSSR count). The Hall–Kier alpha value is -1.43. The molecule has 0 aliphatic rings. The van der Waals surface area contributed by atoms with E-state index in [-0.39, 0.29) is 0 Å². The Labute approximate surface area is 128 Å². The number of aromatic nitrogens is 4. The molecule has 20 heavy (non-hydrogen) atoms. The van der Waals surface area contributed by atoms with Crippen molar-refractivity contribution >= 4 is 21.9 Å². The molecular weight excluding hydrogens is 318 g/mol. The number of nitrogens with one attached hydrogen (secondary N) is 1. The maximum Gasteiger partial charge on any atom is 0.224 e.